The third-order valence-electron chi connectivity index (χ3n) is 2.22. The molecule has 0 fully saturated rings. The fourth-order valence-corrected chi connectivity index (χ4v) is 2.68. The minimum absolute atomic E-state index is 0.219. The summed E-state index contributed by atoms with van der Waals surface area (Å²) in [7, 11) is 0. The molecule has 84 valence electrons. The summed E-state index contributed by atoms with van der Waals surface area (Å²) in [6.07, 6.45) is 1.80. The first-order valence-electron chi connectivity index (χ1n) is 4.96. The third-order valence-corrected chi connectivity index (χ3v) is 3.68. The van der Waals surface area contributed by atoms with Gasteiger partial charge in [0.05, 0.1) is 5.69 Å². The molecule has 2 heterocycles. The maximum atomic E-state index is 11.6. The molecule has 0 amide bonds. The van der Waals surface area contributed by atoms with Crippen molar-refractivity contribution in [1.82, 2.24) is 4.98 Å². The van der Waals surface area contributed by atoms with Crippen LogP contribution in [0.2, 0.25) is 0 Å². The van der Waals surface area contributed by atoms with E-state index in [-0.39, 0.29) is 5.78 Å². The van der Waals surface area contributed by atoms with E-state index in [0.717, 1.165) is 12.1 Å². The number of aryl methyl sites for hydroxylation is 1. The Balaban J connectivity index is 1.81. The molecule has 0 bridgehead atoms. The first kappa shape index (κ1) is 11.3. The van der Waals surface area contributed by atoms with Gasteiger partial charge < -0.3 is 5.73 Å². The molecule has 2 rings (SSSR count). The van der Waals surface area contributed by atoms with Gasteiger partial charge in [-0.15, -0.1) is 11.3 Å². The van der Waals surface area contributed by atoms with E-state index >= 15 is 0 Å². The molecule has 0 radical (unpaired) electrons. The van der Waals surface area contributed by atoms with Crippen molar-refractivity contribution in [3.63, 3.8) is 0 Å². The average Bonchev–Trinajstić information content (AvgIpc) is 2.87. The van der Waals surface area contributed by atoms with Crippen molar-refractivity contribution < 1.29 is 4.79 Å². The summed E-state index contributed by atoms with van der Waals surface area (Å²) in [5, 5.41) is 6.48. The molecule has 2 N–H and O–H groups in total. The molecule has 0 aliphatic rings. The molecule has 0 saturated heterocycles. The second-order valence-electron chi connectivity index (χ2n) is 3.52. The van der Waals surface area contributed by atoms with Crippen LogP contribution in [0.3, 0.4) is 0 Å². The summed E-state index contributed by atoms with van der Waals surface area (Å²) in [6, 6.07) is 2.05. The van der Waals surface area contributed by atoms with Gasteiger partial charge in [-0.2, -0.15) is 11.3 Å². The summed E-state index contributed by atoms with van der Waals surface area (Å²) >= 11 is 3.04. The number of aromatic nitrogens is 1. The van der Waals surface area contributed by atoms with Gasteiger partial charge >= 0.3 is 0 Å². The summed E-state index contributed by atoms with van der Waals surface area (Å²) in [5.41, 5.74) is 7.53. The lowest BCUT2D eigenvalue weighted by atomic mass is 10.1. The Morgan fingerprint density at radius 1 is 1.44 bits per heavy atom. The lowest BCUT2D eigenvalue weighted by Crippen LogP contribution is -2.04. The monoisotopic (exact) mass is 252 g/mol. The van der Waals surface area contributed by atoms with E-state index in [9.17, 15) is 4.79 Å². The van der Waals surface area contributed by atoms with E-state index < -0.39 is 0 Å². The summed E-state index contributed by atoms with van der Waals surface area (Å²) in [6.45, 7) is 0. The average molecular weight is 252 g/mol. The quantitative estimate of drug-likeness (QED) is 0.889. The highest BCUT2D eigenvalue weighted by Gasteiger charge is 2.07. The number of thiophene rings is 1. The van der Waals surface area contributed by atoms with Crippen LogP contribution in [0, 0.1) is 0 Å². The van der Waals surface area contributed by atoms with Crippen molar-refractivity contribution in [1.29, 1.82) is 0 Å². The van der Waals surface area contributed by atoms with Crippen molar-refractivity contribution in [2.45, 2.75) is 19.3 Å². The zero-order valence-corrected chi connectivity index (χ0v) is 10.3. The third kappa shape index (κ3) is 3.15. The number of carbonyl (C=O) groups excluding carboxylic acids is 1. The van der Waals surface area contributed by atoms with Gasteiger partial charge in [-0.1, -0.05) is 0 Å². The Morgan fingerprint density at radius 3 is 2.94 bits per heavy atom. The largest absolute Gasteiger partial charge is 0.375 e. The van der Waals surface area contributed by atoms with E-state index in [1.807, 2.05) is 10.8 Å². The molecule has 2 aromatic rings. The number of carbonyl (C=O) groups is 1. The van der Waals surface area contributed by atoms with Crippen LogP contribution in [0.5, 0.6) is 0 Å². The number of ketones is 1. The maximum absolute atomic E-state index is 11.6. The van der Waals surface area contributed by atoms with E-state index in [4.69, 9.17) is 5.73 Å². The molecule has 0 saturated carbocycles. The van der Waals surface area contributed by atoms with Crippen molar-refractivity contribution in [3.05, 3.63) is 33.5 Å². The normalized spacial score (nSPS) is 10.5. The van der Waals surface area contributed by atoms with Crippen molar-refractivity contribution in [2.24, 2.45) is 0 Å². The molecule has 5 heteroatoms. The zero-order valence-electron chi connectivity index (χ0n) is 8.68. The summed E-state index contributed by atoms with van der Waals surface area (Å²) in [5.74, 6) is 0.219. The first-order chi connectivity index (χ1) is 7.74. The number of hydrogen-bond acceptors (Lipinski definition) is 5. The minimum Gasteiger partial charge on any atom is -0.375 e. The second-order valence-corrected chi connectivity index (χ2v) is 5.19. The number of anilines is 1. The molecule has 16 heavy (non-hydrogen) atoms. The molecule has 0 spiro atoms. The number of rotatable bonds is 5. The number of thiazole rings is 1. The topological polar surface area (TPSA) is 56.0 Å². The van der Waals surface area contributed by atoms with E-state index in [1.165, 1.54) is 16.9 Å². The Morgan fingerprint density at radius 2 is 2.31 bits per heavy atom. The van der Waals surface area contributed by atoms with Gasteiger partial charge in [0.1, 0.15) is 5.78 Å². The van der Waals surface area contributed by atoms with Gasteiger partial charge in [0.25, 0.3) is 0 Å². The van der Waals surface area contributed by atoms with Crippen LogP contribution in [-0.4, -0.2) is 10.8 Å². The smallest absolute Gasteiger partial charge is 0.180 e. The zero-order chi connectivity index (χ0) is 11.4. The summed E-state index contributed by atoms with van der Waals surface area (Å²) in [4.78, 5) is 15.7. The van der Waals surface area contributed by atoms with Crippen LogP contribution < -0.4 is 5.73 Å². The van der Waals surface area contributed by atoms with Crippen molar-refractivity contribution in [2.75, 3.05) is 5.73 Å². The Labute approximate surface area is 102 Å². The van der Waals surface area contributed by atoms with Crippen LogP contribution in [-0.2, 0) is 17.6 Å². The Bertz CT molecular complexity index is 462. The second kappa shape index (κ2) is 5.23. The van der Waals surface area contributed by atoms with Crippen LogP contribution in [0.15, 0.2) is 22.2 Å². The van der Waals surface area contributed by atoms with Gasteiger partial charge in [-0.25, -0.2) is 4.98 Å². The number of nitrogen functional groups attached to an aromatic ring is 1. The van der Waals surface area contributed by atoms with Gasteiger partial charge in [0.15, 0.2) is 5.13 Å². The molecule has 2 aromatic heterocycles. The fourth-order valence-electron chi connectivity index (χ4n) is 1.41. The molecule has 0 aliphatic heterocycles. The molecule has 0 atom stereocenters. The summed E-state index contributed by atoms with van der Waals surface area (Å²) < 4.78 is 0. The highest BCUT2D eigenvalue weighted by Crippen LogP contribution is 2.13. The van der Waals surface area contributed by atoms with Crippen LogP contribution in [0.25, 0.3) is 0 Å². The first-order valence-corrected chi connectivity index (χ1v) is 6.79. The van der Waals surface area contributed by atoms with Gasteiger partial charge in [-0.05, 0) is 28.8 Å². The predicted octanol–water partition coefficient (Wildman–Crippen LogP) is 2.53. The molecule has 0 aromatic carbocycles. The van der Waals surface area contributed by atoms with Crippen molar-refractivity contribution >= 4 is 33.6 Å². The molecule has 0 aliphatic carbocycles. The Hall–Kier alpha value is -1.20. The lowest BCUT2D eigenvalue weighted by molar-refractivity contribution is -0.118. The highest BCUT2D eigenvalue weighted by atomic mass is 32.1. The standard InChI is InChI=1S/C11H12N2OS2/c12-11-13-9(7-16-11)5-10(14)2-1-8-3-4-15-6-8/h3-4,6-7H,1-2,5H2,(H2,12,13). The van der Waals surface area contributed by atoms with Crippen LogP contribution in [0.4, 0.5) is 5.13 Å². The fraction of sp³-hybridized carbons (Fsp3) is 0.273. The van der Waals surface area contributed by atoms with E-state index in [1.54, 1.807) is 11.3 Å². The molecular formula is C11H12N2OS2. The number of Topliss-reactive ketones (excluding diaryl/α,β-unsaturated/α-hetero) is 1. The number of nitrogens with zero attached hydrogens (tertiary/aromatic N) is 1. The van der Waals surface area contributed by atoms with Crippen LogP contribution >= 0.6 is 22.7 Å². The lowest BCUT2D eigenvalue weighted by Gasteiger charge is -1.97. The molecular weight excluding hydrogens is 240 g/mol. The SMILES string of the molecule is Nc1nc(CC(=O)CCc2ccsc2)cs1. The van der Waals surface area contributed by atoms with Crippen LogP contribution in [0.1, 0.15) is 17.7 Å². The number of nitrogens with two attached hydrogens (primary N) is 1. The van der Waals surface area contributed by atoms with E-state index in [0.29, 0.717) is 18.0 Å². The van der Waals surface area contributed by atoms with Gasteiger partial charge in [0, 0.05) is 18.2 Å². The van der Waals surface area contributed by atoms with Gasteiger partial charge in [0.2, 0.25) is 0 Å². The van der Waals surface area contributed by atoms with E-state index in [2.05, 4.69) is 16.4 Å². The molecule has 0 unspecified atom stereocenters. The maximum Gasteiger partial charge on any atom is 0.180 e. The highest BCUT2D eigenvalue weighted by molar-refractivity contribution is 7.13. The molecule has 3 nitrogen and oxygen atoms in total. The van der Waals surface area contributed by atoms with Crippen molar-refractivity contribution in [3.8, 4) is 0 Å². The minimum atomic E-state index is 0.219. The predicted molar refractivity (Wildman–Crippen MR) is 67.9 cm³/mol. The Kier molecular flexibility index (Phi) is 3.69. The van der Waals surface area contributed by atoms with Gasteiger partial charge in [-0.3, -0.25) is 4.79 Å². The number of hydrogen-bond donors (Lipinski definition) is 1.